The molecule has 0 aliphatic heterocycles. The first-order chi connectivity index (χ1) is 11.8. The van der Waals surface area contributed by atoms with Gasteiger partial charge in [-0.15, -0.1) is 11.3 Å². The van der Waals surface area contributed by atoms with Gasteiger partial charge in [-0.2, -0.15) is 18.3 Å². The second-order valence-corrected chi connectivity index (χ2v) is 6.26. The molecule has 4 nitrogen and oxygen atoms in total. The lowest BCUT2D eigenvalue weighted by Crippen LogP contribution is -2.07. The molecule has 0 amide bonds. The Bertz CT molecular complexity index is 911. The highest BCUT2D eigenvalue weighted by Crippen LogP contribution is 2.32. The highest BCUT2D eigenvalue weighted by molar-refractivity contribution is 7.13. The topological polar surface area (TPSA) is 44.1 Å². The SMILES string of the molecule is COC(=O)c1cc(-c2cc(C)cs2)n(-c2ccc(C(F)(F)F)cc2)n1. The molecule has 0 atom stereocenters. The monoisotopic (exact) mass is 366 g/mol. The second-order valence-electron chi connectivity index (χ2n) is 5.35. The van der Waals surface area contributed by atoms with Crippen molar-refractivity contribution in [1.29, 1.82) is 0 Å². The predicted octanol–water partition coefficient (Wildman–Crippen LogP) is 4.71. The lowest BCUT2D eigenvalue weighted by molar-refractivity contribution is -0.137. The third kappa shape index (κ3) is 3.43. The normalized spacial score (nSPS) is 11.6. The molecule has 0 unspecified atom stereocenters. The smallest absolute Gasteiger partial charge is 0.416 e. The van der Waals surface area contributed by atoms with Crippen LogP contribution in [0, 0.1) is 6.92 Å². The summed E-state index contributed by atoms with van der Waals surface area (Å²) in [7, 11) is 1.24. The summed E-state index contributed by atoms with van der Waals surface area (Å²) in [6.45, 7) is 1.93. The van der Waals surface area contributed by atoms with Crippen molar-refractivity contribution >= 4 is 17.3 Å². The van der Waals surface area contributed by atoms with Crippen molar-refractivity contribution in [3.63, 3.8) is 0 Å². The molecule has 0 radical (unpaired) electrons. The van der Waals surface area contributed by atoms with E-state index in [4.69, 9.17) is 0 Å². The minimum absolute atomic E-state index is 0.0865. The van der Waals surface area contributed by atoms with Gasteiger partial charge in [0.2, 0.25) is 0 Å². The Morgan fingerprint density at radius 2 is 1.88 bits per heavy atom. The number of carbonyl (C=O) groups excluding carboxylic acids is 1. The standard InChI is InChI=1S/C17H13F3N2O2S/c1-10-7-15(25-9-10)14-8-13(16(23)24-2)21-22(14)12-5-3-11(4-6-12)17(18,19)20/h3-9H,1-2H3. The van der Waals surface area contributed by atoms with E-state index in [0.29, 0.717) is 11.4 Å². The molecule has 0 spiro atoms. The fourth-order valence-corrected chi connectivity index (χ4v) is 3.22. The molecule has 2 heterocycles. The van der Waals surface area contributed by atoms with Crippen LogP contribution in [0.25, 0.3) is 16.3 Å². The molecule has 0 saturated carbocycles. The first-order valence-corrected chi connectivity index (χ1v) is 8.09. The van der Waals surface area contributed by atoms with E-state index in [0.717, 1.165) is 22.6 Å². The molecule has 1 aromatic carbocycles. The fourth-order valence-electron chi connectivity index (χ4n) is 2.31. The maximum atomic E-state index is 12.7. The molecule has 8 heteroatoms. The summed E-state index contributed by atoms with van der Waals surface area (Å²) in [5.74, 6) is -0.611. The number of alkyl halides is 3. The molecule has 130 valence electrons. The van der Waals surface area contributed by atoms with Crippen LogP contribution < -0.4 is 0 Å². The van der Waals surface area contributed by atoms with Crippen LogP contribution in [0.4, 0.5) is 13.2 Å². The molecule has 3 rings (SSSR count). The molecule has 2 aromatic heterocycles. The number of esters is 1. The van der Waals surface area contributed by atoms with Gasteiger partial charge in [0.1, 0.15) is 0 Å². The van der Waals surface area contributed by atoms with E-state index < -0.39 is 17.7 Å². The lowest BCUT2D eigenvalue weighted by atomic mass is 10.2. The van der Waals surface area contributed by atoms with Crippen LogP contribution in [-0.2, 0) is 10.9 Å². The number of methoxy groups -OCH3 is 1. The summed E-state index contributed by atoms with van der Waals surface area (Å²) in [4.78, 5) is 12.6. The van der Waals surface area contributed by atoms with Gasteiger partial charge in [0, 0.05) is 6.07 Å². The number of benzene rings is 1. The van der Waals surface area contributed by atoms with E-state index in [1.165, 1.54) is 35.3 Å². The zero-order valence-corrected chi connectivity index (χ0v) is 14.1. The number of thiophene rings is 1. The van der Waals surface area contributed by atoms with E-state index in [1.807, 2.05) is 18.4 Å². The molecule has 3 aromatic rings. The van der Waals surface area contributed by atoms with Gasteiger partial charge < -0.3 is 4.74 Å². The average Bonchev–Trinajstić information content (AvgIpc) is 3.19. The molecule has 25 heavy (non-hydrogen) atoms. The van der Waals surface area contributed by atoms with E-state index in [1.54, 1.807) is 6.07 Å². The second kappa shape index (κ2) is 6.36. The van der Waals surface area contributed by atoms with Crippen molar-refractivity contribution in [3.05, 3.63) is 58.6 Å². The third-order valence-corrected chi connectivity index (χ3v) is 4.60. The van der Waals surface area contributed by atoms with Crippen LogP contribution >= 0.6 is 11.3 Å². The minimum Gasteiger partial charge on any atom is -0.464 e. The molecule has 0 aliphatic carbocycles. The van der Waals surface area contributed by atoms with Gasteiger partial charge in [-0.3, -0.25) is 0 Å². The quantitative estimate of drug-likeness (QED) is 0.631. The van der Waals surface area contributed by atoms with Crippen LogP contribution in [0.15, 0.2) is 41.8 Å². The van der Waals surface area contributed by atoms with Gasteiger partial charge >= 0.3 is 12.1 Å². The van der Waals surface area contributed by atoms with Gasteiger partial charge in [0.25, 0.3) is 0 Å². The van der Waals surface area contributed by atoms with Gasteiger partial charge in [0.05, 0.1) is 28.9 Å². The van der Waals surface area contributed by atoms with Crippen LogP contribution in [-0.4, -0.2) is 22.9 Å². The van der Waals surface area contributed by atoms with Gasteiger partial charge in [-0.1, -0.05) is 0 Å². The Morgan fingerprint density at radius 3 is 2.40 bits per heavy atom. The number of aromatic nitrogens is 2. The first-order valence-electron chi connectivity index (χ1n) is 7.21. The highest BCUT2D eigenvalue weighted by Gasteiger charge is 2.30. The summed E-state index contributed by atoms with van der Waals surface area (Å²) in [5, 5.41) is 6.14. The van der Waals surface area contributed by atoms with E-state index >= 15 is 0 Å². The van der Waals surface area contributed by atoms with E-state index in [9.17, 15) is 18.0 Å². The molecule has 0 bridgehead atoms. The van der Waals surface area contributed by atoms with Crippen molar-refractivity contribution in [2.75, 3.05) is 7.11 Å². The first kappa shape index (κ1) is 17.2. The van der Waals surface area contributed by atoms with Crippen molar-refractivity contribution in [2.24, 2.45) is 0 Å². The van der Waals surface area contributed by atoms with Crippen molar-refractivity contribution in [3.8, 4) is 16.3 Å². The molecule has 0 saturated heterocycles. The van der Waals surface area contributed by atoms with Crippen molar-refractivity contribution < 1.29 is 22.7 Å². The molecular formula is C17H13F3N2O2S. The number of ether oxygens (including phenoxy) is 1. The number of nitrogens with zero attached hydrogens (tertiary/aromatic N) is 2. The zero-order chi connectivity index (χ0) is 18.2. The van der Waals surface area contributed by atoms with Crippen LogP contribution in [0.1, 0.15) is 21.6 Å². The van der Waals surface area contributed by atoms with Crippen LogP contribution in [0.5, 0.6) is 0 Å². The summed E-state index contributed by atoms with van der Waals surface area (Å²) < 4.78 is 44.4. The zero-order valence-electron chi connectivity index (χ0n) is 13.3. The minimum atomic E-state index is -4.41. The van der Waals surface area contributed by atoms with Gasteiger partial charge in [-0.05, 0) is 48.2 Å². The summed E-state index contributed by atoms with van der Waals surface area (Å²) in [5.41, 5.74) is 1.41. The number of aryl methyl sites for hydroxylation is 1. The van der Waals surface area contributed by atoms with Gasteiger partial charge in [0.15, 0.2) is 5.69 Å². The number of rotatable bonds is 3. The number of halogens is 3. The Labute approximate surface area is 145 Å². The molecule has 0 fully saturated rings. The van der Waals surface area contributed by atoms with E-state index in [-0.39, 0.29) is 5.69 Å². The van der Waals surface area contributed by atoms with Gasteiger partial charge in [-0.25, -0.2) is 9.48 Å². The van der Waals surface area contributed by atoms with Crippen LogP contribution in [0.3, 0.4) is 0 Å². The van der Waals surface area contributed by atoms with Crippen molar-refractivity contribution in [2.45, 2.75) is 13.1 Å². The Kier molecular flexibility index (Phi) is 4.38. The molecular weight excluding hydrogens is 353 g/mol. The summed E-state index contributed by atoms with van der Waals surface area (Å²) in [6.07, 6.45) is -4.41. The lowest BCUT2D eigenvalue weighted by Gasteiger charge is -2.09. The van der Waals surface area contributed by atoms with Crippen molar-refractivity contribution in [1.82, 2.24) is 9.78 Å². The Balaban J connectivity index is 2.11. The maximum Gasteiger partial charge on any atom is 0.416 e. The Morgan fingerprint density at radius 1 is 1.20 bits per heavy atom. The van der Waals surface area contributed by atoms with Crippen LogP contribution in [0.2, 0.25) is 0 Å². The number of hydrogen-bond acceptors (Lipinski definition) is 4. The third-order valence-electron chi connectivity index (χ3n) is 3.53. The number of carbonyl (C=O) groups is 1. The number of hydrogen-bond donors (Lipinski definition) is 0. The molecule has 0 aliphatic rings. The largest absolute Gasteiger partial charge is 0.464 e. The van der Waals surface area contributed by atoms with E-state index in [2.05, 4.69) is 9.84 Å². The average molecular weight is 366 g/mol. The maximum absolute atomic E-state index is 12.7. The highest BCUT2D eigenvalue weighted by atomic mass is 32.1. The summed E-state index contributed by atoms with van der Waals surface area (Å²) in [6, 6.07) is 8.09. The predicted molar refractivity (Wildman–Crippen MR) is 88.0 cm³/mol. The Hall–Kier alpha value is -2.61. The molecule has 0 N–H and O–H groups in total. The fraction of sp³-hybridized carbons (Fsp3) is 0.176. The summed E-state index contributed by atoms with van der Waals surface area (Å²) >= 11 is 1.46.